The van der Waals surface area contributed by atoms with Crippen LogP contribution in [-0.4, -0.2) is 9.97 Å². The highest BCUT2D eigenvalue weighted by atomic mass is 19.1. The zero-order valence-electron chi connectivity index (χ0n) is 21.0. The Hall–Kier alpha value is -5.28. The molecule has 0 saturated carbocycles. The third kappa shape index (κ3) is 4.93. The fourth-order valence-corrected chi connectivity index (χ4v) is 4.58. The van der Waals surface area contributed by atoms with Crippen molar-refractivity contribution in [1.29, 1.82) is 0 Å². The number of aromatic nitrogens is 2. The van der Waals surface area contributed by atoms with E-state index in [2.05, 4.69) is 12.8 Å². The highest BCUT2D eigenvalue weighted by Crippen LogP contribution is 2.39. The fourth-order valence-electron chi connectivity index (χ4n) is 4.58. The Labute approximate surface area is 228 Å². The van der Waals surface area contributed by atoms with Crippen LogP contribution in [0.2, 0.25) is 0 Å². The lowest BCUT2D eigenvalue weighted by atomic mass is 9.95. The number of rotatable bonds is 4. The Morgan fingerprint density at radius 3 is 1.12 bits per heavy atom. The van der Waals surface area contributed by atoms with E-state index in [1.165, 1.54) is 24.3 Å². The van der Waals surface area contributed by atoms with Gasteiger partial charge < -0.3 is 0 Å². The molecule has 0 aliphatic rings. The fraction of sp³-hybridized carbons (Fsp3) is 0. The second-order valence-corrected chi connectivity index (χ2v) is 8.76. The Bertz CT molecular complexity index is 1720. The summed E-state index contributed by atoms with van der Waals surface area (Å²) in [5.74, 6) is -2.93. The van der Waals surface area contributed by atoms with E-state index in [4.69, 9.17) is 9.97 Å². The van der Waals surface area contributed by atoms with E-state index in [0.717, 1.165) is 23.3 Å². The molecule has 6 aromatic rings. The van der Waals surface area contributed by atoms with E-state index in [1.807, 2.05) is 60.7 Å². The number of fused-ring (bicyclic) bond motifs is 1. The van der Waals surface area contributed by atoms with Gasteiger partial charge in [0.25, 0.3) is 0 Å². The molecule has 2 nitrogen and oxygen atoms in total. The molecule has 40 heavy (non-hydrogen) atoms. The number of terminal acetylenes is 1. The summed E-state index contributed by atoms with van der Waals surface area (Å²) in [6, 6.07) is 28.7. The summed E-state index contributed by atoms with van der Waals surface area (Å²) < 4.78 is 57.4. The van der Waals surface area contributed by atoms with Gasteiger partial charge in [-0.25, -0.2) is 27.5 Å². The minimum absolute atomic E-state index is 0.128. The molecule has 0 unspecified atom stereocenters. The first-order valence-corrected chi connectivity index (χ1v) is 12.2. The van der Waals surface area contributed by atoms with Gasteiger partial charge >= 0.3 is 0 Å². The van der Waals surface area contributed by atoms with E-state index < -0.39 is 23.3 Å². The lowest BCUT2D eigenvalue weighted by Gasteiger charge is -2.16. The van der Waals surface area contributed by atoms with Crippen molar-refractivity contribution >= 4 is 11.0 Å². The van der Waals surface area contributed by atoms with Crippen LogP contribution in [0.5, 0.6) is 0 Å². The van der Waals surface area contributed by atoms with Crippen molar-refractivity contribution in [3.05, 3.63) is 132 Å². The minimum Gasteiger partial charge on any atom is -0.243 e. The maximum atomic E-state index is 15.0. The van der Waals surface area contributed by atoms with Gasteiger partial charge in [0.1, 0.15) is 23.3 Å². The summed E-state index contributed by atoms with van der Waals surface area (Å²) in [5, 5.41) is 0. The van der Waals surface area contributed by atoms with Crippen LogP contribution in [0.4, 0.5) is 17.6 Å². The van der Waals surface area contributed by atoms with Crippen LogP contribution in [0.25, 0.3) is 55.8 Å². The maximum absolute atomic E-state index is 15.0. The van der Waals surface area contributed by atoms with Crippen molar-refractivity contribution in [3.63, 3.8) is 0 Å². The summed E-state index contributed by atoms with van der Waals surface area (Å²) in [4.78, 5) is 9.95. The zero-order valence-corrected chi connectivity index (χ0v) is 21.0. The first kappa shape index (κ1) is 26.3. The first-order chi connectivity index (χ1) is 19.5. The van der Waals surface area contributed by atoms with Crippen molar-refractivity contribution in [2.24, 2.45) is 0 Å². The van der Waals surface area contributed by atoms with E-state index in [1.54, 1.807) is 12.1 Å². The predicted octanol–water partition coefficient (Wildman–Crippen LogP) is 9.10. The molecule has 0 atom stereocenters. The minimum atomic E-state index is -0.762. The van der Waals surface area contributed by atoms with Gasteiger partial charge in [-0.2, -0.15) is 0 Å². The zero-order chi connectivity index (χ0) is 28.2. The Morgan fingerprint density at radius 2 is 0.775 bits per heavy atom. The molecular formula is C34H20F4N2. The smallest absolute Gasteiger partial charge is 0.134 e. The SMILES string of the molecule is C#C.Fc1ccc(-c2ccc(-c3ccc(F)cc3F)c3nc(-c4ccccc4)c(-c4ccccc4)nc23)c(F)c1. The number of halogens is 4. The monoisotopic (exact) mass is 532 g/mol. The largest absolute Gasteiger partial charge is 0.243 e. The molecule has 194 valence electrons. The molecule has 6 heteroatoms. The third-order valence-corrected chi connectivity index (χ3v) is 6.36. The van der Waals surface area contributed by atoms with E-state index in [9.17, 15) is 17.6 Å². The number of hydrogen-bond donors (Lipinski definition) is 0. The van der Waals surface area contributed by atoms with Crippen molar-refractivity contribution in [2.75, 3.05) is 0 Å². The summed E-state index contributed by atoms with van der Waals surface area (Å²) >= 11 is 0. The molecule has 0 aliphatic heterocycles. The molecule has 0 aliphatic carbocycles. The van der Waals surface area contributed by atoms with Crippen molar-refractivity contribution in [2.45, 2.75) is 0 Å². The van der Waals surface area contributed by atoms with Gasteiger partial charge in [-0.3, -0.25) is 0 Å². The van der Waals surface area contributed by atoms with Crippen LogP contribution in [0.3, 0.4) is 0 Å². The van der Waals surface area contributed by atoms with Gasteiger partial charge in [-0.05, 0) is 24.3 Å². The highest BCUT2D eigenvalue weighted by Gasteiger charge is 2.21. The molecule has 0 fully saturated rings. The summed E-state index contributed by atoms with van der Waals surface area (Å²) in [7, 11) is 0. The number of benzene rings is 5. The molecule has 0 spiro atoms. The van der Waals surface area contributed by atoms with Crippen molar-refractivity contribution < 1.29 is 17.6 Å². The van der Waals surface area contributed by atoms with E-state index in [0.29, 0.717) is 33.5 Å². The molecule has 0 bridgehead atoms. The van der Waals surface area contributed by atoms with Gasteiger partial charge in [0.2, 0.25) is 0 Å². The van der Waals surface area contributed by atoms with Crippen LogP contribution >= 0.6 is 0 Å². The van der Waals surface area contributed by atoms with Crippen molar-refractivity contribution in [3.8, 4) is 57.6 Å². The molecule has 6 rings (SSSR count). The van der Waals surface area contributed by atoms with Crippen molar-refractivity contribution in [1.82, 2.24) is 9.97 Å². The summed E-state index contributed by atoms with van der Waals surface area (Å²) in [5.41, 5.74) is 4.25. The van der Waals surface area contributed by atoms with Gasteiger partial charge in [0.05, 0.1) is 22.4 Å². The molecular weight excluding hydrogens is 512 g/mol. The van der Waals surface area contributed by atoms with Crippen LogP contribution in [0, 0.1) is 36.1 Å². The van der Waals surface area contributed by atoms with E-state index in [-0.39, 0.29) is 11.1 Å². The average molecular weight is 533 g/mol. The molecule has 1 heterocycles. The van der Waals surface area contributed by atoms with Crippen LogP contribution in [-0.2, 0) is 0 Å². The molecule has 0 radical (unpaired) electrons. The highest BCUT2D eigenvalue weighted by molar-refractivity contribution is 6.03. The summed E-state index contributed by atoms with van der Waals surface area (Å²) in [6.07, 6.45) is 8.00. The Balaban J connectivity index is 0.00000158. The number of nitrogens with zero attached hydrogens (tertiary/aromatic N) is 2. The topological polar surface area (TPSA) is 25.8 Å². The van der Waals surface area contributed by atoms with Crippen LogP contribution in [0.15, 0.2) is 109 Å². The van der Waals surface area contributed by atoms with Crippen LogP contribution in [0.1, 0.15) is 0 Å². The summed E-state index contributed by atoms with van der Waals surface area (Å²) in [6.45, 7) is 0. The molecule has 0 amide bonds. The molecule has 0 saturated heterocycles. The van der Waals surface area contributed by atoms with E-state index >= 15 is 0 Å². The average Bonchev–Trinajstić information content (AvgIpc) is 2.98. The normalized spacial score (nSPS) is 10.7. The molecule has 5 aromatic carbocycles. The maximum Gasteiger partial charge on any atom is 0.134 e. The van der Waals surface area contributed by atoms with Gasteiger partial charge in [-0.15, -0.1) is 12.8 Å². The van der Waals surface area contributed by atoms with Gasteiger partial charge in [0.15, 0.2) is 0 Å². The number of hydrogen-bond acceptors (Lipinski definition) is 2. The second kappa shape index (κ2) is 11.2. The quantitative estimate of drug-likeness (QED) is 0.167. The molecule has 1 aromatic heterocycles. The lowest BCUT2D eigenvalue weighted by Crippen LogP contribution is -2.00. The first-order valence-electron chi connectivity index (χ1n) is 12.2. The lowest BCUT2D eigenvalue weighted by molar-refractivity contribution is 0.584. The van der Waals surface area contributed by atoms with Gasteiger partial charge in [-0.1, -0.05) is 72.8 Å². The third-order valence-electron chi connectivity index (χ3n) is 6.36. The van der Waals surface area contributed by atoms with Gasteiger partial charge in [0, 0.05) is 45.5 Å². The van der Waals surface area contributed by atoms with Crippen LogP contribution < -0.4 is 0 Å². The Kier molecular flexibility index (Phi) is 7.39. The molecule has 0 N–H and O–H groups in total. The Morgan fingerprint density at radius 1 is 0.425 bits per heavy atom. The predicted molar refractivity (Wildman–Crippen MR) is 151 cm³/mol. The standard InChI is InChI=1S/C32H18F4N2.C2H2/c33-21-11-13-23(27(35)17-21)25-15-16-26(24-14-12-22(34)18-28(24)36)32-31(25)37-29(19-7-3-1-4-8-19)30(38-32)20-9-5-2-6-10-20;1-2/h1-18H;1-2H. The second-order valence-electron chi connectivity index (χ2n) is 8.76.